The minimum Gasteiger partial charge on any atom is -0.487 e. The van der Waals surface area contributed by atoms with Crippen molar-refractivity contribution in [2.45, 2.75) is 6.61 Å². The van der Waals surface area contributed by atoms with Gasteiger partial charge in [0.15, 0.2) is 11.5 Å². The van der Waals surface area contributed by atoms with Crippen molar-refractivity contribution in [2.24, 2.45) is 4.99 Å². The molecule has 5 nitrogen and oxygen atoms in total. The van der Waals surface area contributed by atoms with Crippen molar-refractivity contribution >= 4 is 74.7 Å². The molecule has 0 amide bonds. The number of nitrogens with zero attached hydrogens (tertiary/aromatic N) is 1. The van der Waals surface area contributed by atoms with Crippen LogP contribution in [-0.4, -0.2) is 11.9 Å². The number of ether oxygens (including phenoxy) is 2. The van der Waals surface area contributed by atoms with Crippen LogP contribution in [0.3, 0.4) is 0 Å². The molecule has 3 aromatic rings. The van der Waals surface area contributed by atoms with Gasteiger partial charge in [-0.3, -0.25) is 0 Å². The van der Waals surface area contributed by atoms with E-state index in [0.29, 0.717) is 17.4 Å². The van der Waals surface area contributed by atoms with Gasteiger partial charge in [-0.15, -0.1) is 0 Å². The van der Waals surface area contributed by atoms with Crippen molar-refractivity contribution in [3.63, 3.8) is 0 Å². The van der Waals surface area contributed by atoms with Gasteiger partial charge in [0.2, 0.25) is 0 Å². The first-order valence-corrected chi connectivity index (χ1v) is 11.0. The van der Waals surface area contributed by atoms with E-state index in [4.69, 9.17) is 25.5 Å². The molecule has 0 radical (unpaired) electrons. The number of furan rings is 1. The first-order chi connectivity index (χ1) is 14.0. The fourth-order valence-electron chi connectivity index (χ4n) is 2.64. The van der Waals surface area contributed by atoms with Crippen LogP contribution in [0.5, 0.6) is 5.75 Å². The molecule has 0 aliphatic carbocycles. The second-order valence-electron chi connectivity index (χ2n) is 6.01. The molecule has 4 rings (SSSR count). The van der Waals surface area contributed by atoms with Crippen LogP contribution in [0.1, 0.15) is 16.9 Å². The summed E-state index contributed by atoms with van der Waals surface area (Å²) in [6.45, 7) is 0.370. The van der Waals surface area contributed by atoms with Crippen LogP contribution in [0, 0.1) is 7.14 Å². The lowest BCUT2D eigenvalue weighted by molar-refractivity contribution is -0.130. The molecule has 0 saturated carbocycles. The summed E-state index contributed by atoms with van der Waals surface area (Å²) in [6, 6.07) is 14.8. The van der Waals surface area contributed by atoms with Crippen LogP contribution in [0.25, 0.3) is 6.08 Å². The van der Waals surface area contributed by atoms with Gasteiger partial charge in [-0.05, 0) is 87.2 Å². The third-order valence-corrected chi connectivity index (χ3v) is 5.98. The Morgan fingerprint density at radius 3 is 2.55 bits per heavy atom. The van der Waals surface area contributed by atoms with Crippen LogP contribution >= 0.6 is 56.8 Å². The Hall–Kier alpha value is -1.85. The molecule has 2 heterocycles. The number of aliphatic imine (C=N–C) groups is 1. The summed E-state index contributed by atoms with van der Waals surface area (Å²) >= 11 is 10.6. The first kappa shape index (κ1) is 20.4. The highest BCUT2D eigenvalue weighted by Crippen LogP contribution is 2.31. The lowest BCUT2D eigenvalue weighted by Gasteiger charge is -2.12. The highest BCUT2D eigenvalue weighted by Gasteiger charge is 2.26. The number of rotatable bonds is 5. The van der Waals surface area contributed by atoms with Gasteiger partial charge >= 0.3 is 5.97 Å². The van der Waals surface area contributed by atoms with Gasteiger partial charge in [-0.25, -0.2) is 9.79 Å². The zero-order chi connectivity index (χ0) is 20.4. The van der Waals surface area contributed by atoms with Crippen molar-refractivity contribution < 1.29 is 18.7 Å². The van der Waals surface area contributed by atoms with E-state index in [9.17, 15) is 4.79 Å². The van der Waals surface area contributed by atoms with Crippen LogP contribution in [-0.2, 0) is 16.1 Å². The Morgan fingerprint density at radius 2 is 1.86 bits per heavy atom. The first-order valence-electron chi connectivity index (χ1n) is 8.43. The summed E-state index contributed by atoms with van der Waals surface area (Å²) in [5, 5.41) is 0.670. The molecule has 146 valence electrons. The lowest BCUT2D eigenvalue weighted by atomic mass is 10.2. The molecule has 1 aliphatic heterocycles. The van der Waals surface area contributed by atoms with Crippen LogP contribution < -0.4 is 4.74 Å². The molecule has 29 heavy (non-hydrogen) atoms. The summed E-state index contributed by atoms with van der Waals surface area (Å²) < 4.78 is 18.2. The smallest absolute Gasteiger partial charge is 0.363 e. The Labute approximate surface area is 199 Å². The number of hydrogen-bond acceptors (Lipinski definition) is 5. The van der Waals surface area contributed by atoms with Crippen molar-refractivity contribution in [1.82, 2.24) is 0 Å². The van der Waals surface area contributed by atoms with Crippen molar-refractivity contribution in [3.8, 4) is 5.75 Å². The van der Waals surface area contributed by atoms with Gasteiger partial charge in [0.25, 0.3) is 5.90 Å². The van der Waals surface area contributed by atoms with Gasteiger partial charge < -0.3 is 13.9 Å². The average molecular weight is 632 g/mol. The highest BCUT2D eigenvalue weighted by molar-refractivity contribution is 14.1. The van der Waals surface area contributed by atoms with E-state index in [0.717, 1.165) is 24.0 Å². The maximum atomic E-state index is 12.1. The standard InChI is InChI=1S/C21H12ClI2NO4/c22-14-5-2-1-4-13(14)11-28-19-15(23)8-12(9-16(19)24)10-17-21(26)29-20(25-17)18-6-3-7-27-18/h1-10H,11H2/b17-10-. The second-order valence-corrected chi connectivity index (χ2v) is 8.74. The van der Waals surface area contributed by atoms with E-state index in [1.165, 1.54) is 6.26 Å². The molecule has 0 bridgehead atoms. The monoisotopic (exact) mass is 631 g/mol. The molecule has 0 atom stereocenters. The largest absolute Gasteiger partial charge is 0.487 e. The molecule has 2 aromatic carbocycles. The lowest BCUT2D eigenvalue weighted by Crippen LogP contribution is -2.04. The number of benzene rings is 2. The molecular formula is C21H12ClI2NO4. The number of hydrogen-bond donors (Lipinski definition) is 0. The molecule has 0 saturated heterocycles. The summed E-state index contributed by atoms with van der Waals surface area (Å²) in [7, 11) is 0. The maximum Gasteiger partial charge on any atom is 0.363 e. The van der Waals surface area contributed by atoms with Crippen LogP contribution in [0.2, 0.25) is 5.02 Å². The molecule has 8 heteroatoms. The minimum atomic E-state index is -0.513. The number of halogens is 3. The van der Waals surface area contributed by atoms with Crippen LogP contribution in [0.15, 0.2) is 69.9 Å². The summed E-state index contributed by atoms with van der Waals surface area (Å²) in [5.41, 5.74) is 1.95. The fraction of sp³-hybridized carbons (Fsp3) is 0.0476. The summed E-state index contributed by atoms with van der Waals surface area (Å²) in [4.78, 5) is 16.4. The van der Waals surface area contributed by atoms with E-state index >= 15 is 0 Å². The van der Waals surface area contributed by atoms with E-state index in [1.807, 2.05) is 36.4 Å². The SMILES string of the molecule is O=C1OC(c2ccco2)=N/C1=C\c1cc(I)c(OCc2ccccc2Cl)c(I)c1. The van der Waals surface area contributed by atoms with Crippen molar-refractivity contribution in [3.05, 3.63) is 89.5 Å². The molecule has 1 aromatic heterocycles. The van der Waals surface area contributed by atoms with Gasteiger partial charge in [-0.1, -0.05) is 29.8 Å². The van der Waals surface area contributed by atoms with Gasteiger partial charge in [0.05, 0.1) is 13.4 Å². The number of esters is 1. The Balaban J connectivity index is 1.56. The Kier molecular flexibility index (Phi) is 6.26. The van der Waals surface area contributed by atoms with Gasteiger partial charge in [-0.2, -0.15) is 0 Å². The van der Waals surface area contributed by atoms with Gasteiger partial charge in [0.1, 0.15) is 12.4 Å². The highest BCUT2D eigenvalue weighted by atomic mass is 127. The quantitative estimate of drug-likeness (QED) is 0.195. The minimum absolute atomic E-state index is 0.162. The molecule has 0 spiro atoms. The van der Waals surface area contributed by atoms with E-state index in [2.05, 4.69) is 50.2 Å². The van der Waals surface area contributed by atoms with E-state index in [1.54, 1.807) is 18.2 Å². The normalized spacial score (nSPS) is 14.8. The van der Waals surface area contributed by atoms with Gasteiger partial charge in [0, 0.05) is 10.6 Å². The molecule has 0 fully saturated rings. The molecular weight excluding hydrogens is 619 g/mol. The predicted octanol–water partition coefficient (Wildman–Crippen LogP) is 6.07. The maximum absolute atomic E-state index is 12.1. The second kappa shape index (κ2) is 8.88. The molecule has 0 unspecified atom stereocenters. The number of carbonyl (C=O) groups is 1. The summed E-state index contributed by atoms with van der Waals surface area (Å²) in [5.74, 6) is 0.826. The van der Waals surface area contributed by atoms with Crippen LogP contribution in [0.4, 0.5) is 0 Å². The third-order valence-electron chi connectivity index (χ3n) is 4.01. The van der Waals surface area contributed by atoms with E-state index < -0.39 is 5.97 Å². The van der Waals surface area contributed by atoms with Crippen molar-refractivity contribution in [1.29, 1.82) is 0 Å². The fourth-order valence-corrected chi connectivity index (χ4v) is 4.96. The zero-order valence-electron chi connectivity index (χ0n) is 14.7. The molecule has 1 aliphatic rings. The summed E-state index contributed by atoms with van der Waals surface area (Å²) in [6.07, 6.45) is 3.18. The molecule has 0 N–H and O–H groups in total. The van der Waals surface area contributed by atoms with E-state index in [-0.39, 0.29) is 11.6 Å². The Morgan fingerprint density at radius 1 is 1.10 bits per heavy atom. The average Bonchev–Trinajstić information content (AvgIpc) is 3.33. The van der Waals surface area contributed by atoms with Crippen molar-refractivity contribution in [2.75, 3.05) is 0 Å². The Bertz CT molecular complexity index is 1120. The topological polar surface area (TPSA) is 61.0 Å². The third kappa shape index (κ3) is 4.67. The number of cyclic esters (lactones) is 1. The number of carbonyl (C=O) groups excluding carboxylic acids is 1. The predicted molar refractivity (Wildman–Crippen MR) is 127 cm³/mol. The zero-order valence-corrected chi connectivity index (χ0v) is 19.8.